The normalized spacial score (nSPS) is 17.0. The Bertz CT molecular complexity index is 838. The van der Waals surface area contributed by atoms with Crippen LogP contribution in [0.5, 0.6) is 0 Å². The largest absolute Gasteiger partial charge is 0.347 e. The second kappa shape index (κ2) is 8.59. The summed E-state index contributed by atoms with van der Waals surface area (Å²) >= 11 is 0. The summed E-state index contributed by atoms with van der Waals surface area (Å²) in [7, 11) is 0. The maximum absolute atomic E-state index is 12.9. The van der Waals surface area contributed by atoms with Crippen LogP contribution in [0, 0.1) is 0 Å². The predicted molar refractivity (Wildman–Crippen MR) is 107 cm³/mol. The number of hydrogen-bond acceptors (Lipinski definition) is 3. The van der Waals surface area contributed by atoms with E-state index in [9.17, 15) is 9.59 Å². The van der Waals surface area contributed by atoms with Crippen LogP contribution in [0.1, 0.15) is 77.3 Å². The second-order valence-electron chi connectivity index (χ2n) is 7.82. The van der Waals surface area contributed by atoms with Crippen molar-refractivity contribution in [3.8, 4) is 0 Å². The summed E-state index contributed by atoms with van der Waals surface area (Å²) in [4.78, 5) is 30.2. The fourth-order valence-corrected chi connectivity index (χ4v) is 4.26. The van der Waals surface area contributed by atoms with Crippen LogP contribution in [0.4, 0.5) is 0 Å². The minimum absolute atomic E-state index is 0.142. The summed E-state index contributed by atoms with van der Waals surface area (Å²) in [5.74, 6) is 0.0495. The first-order chi connectivity index (χ1) is 13.7. The first kappa shape index (κ1) is 18.7. The van der Waals surface area contributed by atoms with E-state index in [2.05, 4.69) is 15.6 Å². The van der Waals surface area contributed by atoms with E-state index in [-0.39, 0.29) is 17.9 Å². The Hall–Kier alpha value is -2.63. The van der Waals surface area contributed by atoms with Crippen molar-refractivity contribution in [2.45, 2.75) is 70.5 Å². The lowest BCUT2D eigenvalue weighted by molar-refractivity contribution is 0.0911. The fourth-order valence-electron chi connectivity index (χ4n) is 4.26. The molecule has 1 aliphatic carbocycles. The summed E-state index contributed by atoms with van der Waals surface area (Å²) in [5, 5.41) is 6.09. The third-order valence-corrected chi connectivity index (χ3v) is 5.77. The highest BCUT2D eigenvalue weighted by Gasteiger charge is 2.28. The fraction of sp³-hybridized carbons (Fsp3) is 0.500. The molecule has 28 heavy (non-hydrogen) atoms. The zero-order valence-corrected chi connectivity index (χ0v) is 16.2. The van der Waals surface area contributed by atoms with Gasteiger partial charge in [-0.05, 0) is 37.7 Å². The molecule has 0 radical (unpaired) electrons. The molecule has 1 aromatic heterocycles. The lowest BCUT2D eigenvalue weighted by Crippen LogP contribution is -2.37. The Morgan fingerprint density at radius 3 is 2.57 bits per heavy atom. The Morgan fingerprint density at radius 1 is 1.00 bits per heavy atom. The summed E-state index contributed by atoms with van der Waals surface area (Å²) in [6.07, 6.45) is 8.46. The third-order valence-electron chi connectivity index (χ3n) is 5.77. The molecule has 2 N–H and O–H groups in total. The minimum atomic E-state index is -0.203. The first-order valence-electron chi connectivity index (χ1n) is 10.4. The zero-order chi connectivity index (χ0) is 19.3. The molecular weight excluding hydrogens is 352 g/mol. The van der Waals surface area contributed by atoms with Crippen molar-refractivity contribution >= 4 is 11.8 Å². The lowest BCUT2D eigenvalue weighted by Gasteiger charge is -2.23. The molecule has 0 bridgehead atoms. The quantitative estimate of drug-likeness (QED) is 0.836. The van der Waals surface area contributed by atoms with Gasteiger partial charge in [-0.2, -0.15) is 0 Å². The van der Waals surface area contributed by atoms with Gasteiger partial charge in [-0.15, -0.1) is 0 Å². The van der Waals surface area contributed by atoms with E-state index in [0.717, 1.165) is 62.7 Å². The van der Waals surface area contributed by atoms with Crippen LogP contribution in [-0.4, -0.2) is 27.4 Å². The van der Waals surface area contributed by atoms with Gasteiger partial charge in [0.2, 0.25) is 0 Å². The van der Waals surface area contributed by atoms with Gasteiger partial charge in [0.1, 0.15) is 5.69 Å². The van der Waals surface area contributed by atoms with Crippen molar-refractivity contribution in [3.63, 3.8) is 0 Å². The highest BCUT2D eigenvalue weighted by Crippen LogP contribution is 2.22. The molecule has 6 heteroatoms. The Balaban J connectivity index is 1.51. The number of hydrogen-bond donors (Lipinski definition) is 2. The van der Waals surface area contributed by atoms with Gasteiger partial charge in [0.05, 0.1) is 5.69 Å². The third kappa shape index (κ3) is 4.11. The number of benzene rings is 1. The molecule has 0 saturated heterocycles. The van der Waals surface area contributed by atoms with Gasteiger partial charge in [0.15, 0.2) is 5.82 Å². The number of rotatable bonds is 5. The second-order valence-corrected chi connectivity index (χ2v) is 7.82. The number of carbonyl (C=O) groups is 2. The average Bonchev–Trinajstić information content (AvgIpc) is 3.13. The van der Waals surface area contributed by atoms with E-state index < -0.39 is 0 Å². The molecule has 1 fully saturated rings. The summed E-state index contributed by atoms with van der Waals surface area (Å²) in [5.41, 5.74) is 2.34. The molecule has 2 amide bonds. The van der Waals surface area contributed by atoms with Crippen molar-refractivity contribution in [3.05, 3.63) is 53.1 Å². The van der Waals surface area contributed by atoms with Crippen molar-refractivity contribution in [1.29, 1.82) is 0 Å². The van der Waals surface area contributed by atoms with Crippen LogP contribution in [-0.2, 0) is 19.5 Å². The average molecular weight is 380 g/mol. The van der Waals surface area contributed by atoms with Gasteiger partial charge >= 0.3 is 0 Å². The molecule has 2 aromatic rings. The molecule has 0 atom stereocenters. The molecule has 148 valence electrons. The SMILES string of the molecule is O=C(NCc1ccccc1)c1nc(C(=O)NC2CCCCC2)n2c1CCCC2. The molecule has 1 aromatic carbocycles. The molecule has 2 heterocycles. The van der Waals surface area contributed by atoms with Crippen molar-refractivity contribution in [2.75, 3.05) is 0 Å². The summed E-state index contributed by atoms with van der Waals surface area (Å²) in [6.45, 7) is 1.21. The number of nitrogens with one attached hydrogen (secondary N) is 2. The molecule has 4 rings (SSSR count). The van der Waals surface area contributed by atoms with Gasteiger partial charge in [-0.1, -0.05) is 49.6 Å². The van der Waals surface area contributed by atoms with Crippen LogP contribution in [0.2, 0.25) is 0 Å². The van der Waals surface area contributed by atoms with Gasteiger partial charge in [0.25, 0.3) is 11.8 Å². The Morgan fingerprint density at radius 2 is 1.79 bits per heavy atom. The molecule has 1 saturated carbocycles. The van der Waals surface area contributed by atoms with Gasteiger partial charge in [-0.3, -0.25) is 9.59 Å². The van der Waals surface area contributed by atoms with E-state index in [4.69, 9.17) is 0 Å². The molecule has 1 aliphatic heterocycles. The van der Waals surface area contributed by atoms with Crippen molar-refractivity contribution in [1.82, 2.24) is 20.2 Å². The van der Waals surface area contributed by atoms with Crippen LogP contribution in [0.25, 0.3) is 0 Å². The predicted octanol–water partition coefficient (Wildman–Crippen LogP) is 3.21. The van der Waals surface area contributed by atoms with E-state index in [1.807, 2.05) is 34.9 Å². The standard InChI is InChI=1S/C22H28N4O2/c27-21(23-15-16-9-3-1-4-10-16)19-18-13-7-8-14-26(18)20(25-19)22(28)24-17-11-5-2-6-12-17/h1,3-4,9-10,17H,2,5-8,11-15H2,(H,23,27)(H,24,28). The number of aromatic nitrogens is 2. The Kier molecular flexibility index (Phi) is 5.74. The Labute approximate surface area is 165 Å². The zero-order valence-electron chi connectivity index (χ0n) is 16.2. The smallest absolute Gasteiger partial charge is 0.287 e. The maximum atomic E-state index is 12.9. The van der Waals surface area contributed by atoms with Crippen LogP contribution >= 0.6 is 0 Å². The molecule has 6 nitrogen and oxygen atoms in total. The number of amides is 2. The molecule has 0 spiro atoms. The van der Waals surface area contributed by atoms with E-state index in [0.29, 0.717) is 18.1 Å². The van der Waals surface area contributed by atoms with Gasteiger partial charge < -0.3 is 15.2 Å². The number of fused-ring (bicyclic) bond motifs is 1. The number of carbonyl (C=O) groups excluding carboxylic acids is 2. The monoisotopic (exact) mass is 380 g/mol. The van der Waals surface area contributed by atoms with Gasteiger partial charge in [0, 0.05) is 19.1 Å². The van der Waals surface area contributed by atoms with E-state index >= 15 is 0 Å². The van der Waals surface area contributed by atoms with Crippen LogP contribution < -0.4 is 10.6 Å². The van der Waals surface area contributed by atoms with E-state index in [1.165, 1.54) is 6.42 Å². The lowest BCUT2D eigenvalue weighted by atomic mass is 9.95. The van der Waals surface area contributed by atoms with Crippen molar-refractivity contribution in [2.24, 2.45) is 0 Å². The van der Waals surface area contributed by atoms with Crippen LogP contribution in [0.15, 0.2) is 30.3 Å². The number of imidazole rings is 1. The summed E-state index contributed by atoms with van der Waals surface area (Å²) in [6, 6.07) is 10.0. The maximum Gasteiger partial charge on any atom is 0.287 e. The summed E-state index contributed by atoms with van der Waals surface area (Å²) < 4.78 is 1.96. The topological polar surface area (TPSA) is 76.0 Å². The number of nitrogens with zero attached hydrogens (tertiary/aromatic N) is 2. The minimum Gasteiger partial charge on any atom is -0.347 e. The van der Waals surface area contributed by atoms with Crippen LogP contribution in [0.3, 0.4) is 0 Å². The first-order valence-corrected chi connectivity index (χ1v) is 10.4. The molecular formula is C22H28N4O2. The van der Waals surface area contributed by atoms with E-state index in [1.54, 1.807) is 0 Å². The molecule has 0 unspecified atom stereocenters. The van der Waals surface area contributed by atoms with Gasteiger partial charge in [-0.25, -0.2) is 4.98 Å². The highest BCUT2D eigenvalue weighted by atomic mass is 16.2. The molecule has 2 aliphatic rings. The van der Waals surface area contributed by atoms with Crippen molar-refractivity contribution < 1.29 is 9.59 Å². The highest BCUT2D eigenvalue weighted by molar-refractivity contribution is 5.97.